The number of aryl methyl sites for hydroxylation is 2. The Balaban J connectivity index is 1.69. The minimum Gasteiger partial charge on any atom is -0.386 e. The maximum atomic E-state index is 13.9. The van der Waals surface area contributed by atoms with Crippen molar-refractivity contribution < 1.29 is 18.1 Å². The zero-order valence-corrected chi connectivity index (χ0v) is 19.6. The summed E-state index contributed by atoms with van der Waals surface area (Å²) in [5.41, 5.74) is 2.87. The lowest BCUT2D eigenvalue weighted by Gasteiger charge is -2.21. The topological polar surface area (TPSA) is 44.8 Å². The zero-order valence-electron chi connectivity index (χ0n) is 18.7. The number of hydrogen-bond donors (Lipinski definition) is 0. The molecular formula is C27H27O4P. The summed E-state index contributed by atoms with van der Waals surface area (Å²) in [5.74, 6) is 1.72. The molecule has 4 nitrogen and oxygen atoms in total. The standard InChI is InChI=1S/C27H27O4P/c1-19(2)22-12-15-25(16-13-22)29-32(28,31-27-20(3)8-7-9-21(27)4)30-26-17-14-23-10-5-6-11-24(23)18-26/h5-19H,1-4H3. The molecule has 0 spiro atoms. The van der Waals surface area contributed by atoms with Crippen LogP contribution in [-0.4, -0.2) is 0 Å². The summed E-state index contributed by atoms with van der Waals surface area (Å²) >= 11 is 0. The Morgan fingerprint density at radius 2 is 1.25 bits per heavy atom. The van der Waals surface area contributed by atoms with Crippen molar-refractivity contribution in [3.63, 3.8) is 0 Å². The van der Waals surface area contributed by atoms with E-state index < -0.39 is 7.82 Å². The molecule has 4 aromatic carbocycles. The van der Waals surface area contributed by atoms with Gasteiger partial charge in [-0.3, -0.25) is 0 Å². The second kappa shape index (κ2) is 9.10. The zero-order chi connectivity index (χ0) is 22.7. The molecule has 0 aliphatic rings. The smallest absolute Gasteiger partial charge is 0.386 e. The van der Waals surface area contributed by atoms with Gasteiger partial charge in [-0.25, -0.2) is 0 Å². The van der Waals surface area contributed by atoms with Gasteiger partial charge in [0.2, 0.25) is 0 Å². The van der Waals surface area contributed by atoms with Crippen molar-refractivity contribution in [1.82, 2.24) is 0 Å². The summed E-state index contributed by atoms with van der Waals surface area (Å²) in [7, 11) is -4.06. The summed E-state index contributed by atoms with van der Waals surface area (Å²) in [5, 5.41) is 2.04. The van der Waals surface area contributed by atoms with Gasteiger partial charge in [0.1, 0.15) is 17.2 Å². The molecule has 0 saturated heterocycles. The maximum absolute atomic E-state index is 13.9. The Bertz CT molecular complexity index is 1260. The van der Waals surface area contributed by atoms with Crippen molar-refractivity contribution in [2.24, 2.45) is 0 Å². The Labute approximate surface area is 189 Å². The molecule has 32 heavy (non-hydrogen) atoms. The molecule has 1 unspecified atom stereocenters. The Kier molecular flexibility index (Phi) is 6.25. The van der Waals surface area contributed by atoms with Crippen molar-refractivity contribution in [2.75, 3.05) is 0 Å². The molecule has 0 fully saturated rings. The highest BCUT2D eigenvalue weighted by Gasteiger charge is 2.34. The SMILES string of the molecule is Cc1cccc(C)c1OP(=O)(Oc1ccc(C(C)C)cc1)Oc1ccc2ccccc2c1. The molecule has 164 valence electrons. The van der Waals surface area contributed by atoms with Gasteiger partial charge >= 0.3 is 7.82 Å². The first-order chi connectivity index (χ1) is 15.3. The Hall–Kier alpha value is -3.23. The summed E-state index contributed by atoms with van der Waals surface area (Å²) in [6.45, 7) is 8.04. The van der Waals surface area contributed by atoms with Crippen molar-refractivity contribution in [1.29, 1.82) is 0 Å². The maximum Gasteiger partial charge on any atom is 0.647 e. The molecule has 0 heterocycles. The minimum atomic E-state index is -4.06. The fourth-order valence-corrected chi connectivity index (χ4v) is 4.88. The second-order valence-electron chi connectivity index (χ2n) is 8.17. The van der Waals surface area contributed by atoms with Gasteiger partial charge in [-0.1, -0.05) is 74.5 Å². The van der Waals surface area contributed by atoms with Crippen LogP contribution in [0.5, 0.6) is 17.2 Å². The van der Waals surface area contributed by atoms with Crippen LogP contribution in [0.2, 0.25) is 0 Å². The number of phosphoric acid groups is 1. The summed E-state index contributed by atoms with van der Waals surface area (Å²) in [6.07, 6.45) is 0. The molecule has 0 aliphatic heterocycles. The molecule has 0 radical (unpaired) electrons. The number of para-hydroxylation sites is 1. The van der Waals surface area contributed by atoms with E-state index in [1.807, 2.05) is 80.6 Å². The van der Waals surface area contributed by atoms with Crippen LogP contribution in [-0.2, 0) is 4.57 Å². The average Bonchev–Trinajstić information content (AvgIpc) is 2.77. The van der Waals surface area contributed by atoms with E-state index in [0.29, 0.717) is 23.2 Å². The van der Waals surface area contributed by atoms with Gasteiger partial charge in [0.05, 0.1) is 0 Å². The molecule has 0 saturated carbocycles. The molecule has 4 aromatic rings. The van der Waals surface area contributed by atoms with E-state index in [9.17, 15) is 4.57 Å². The number of fused-ring (bicyclic) bond motifs is 1. The first-order valence-corrected chi connectivity index (χ1v) is 12.1. The van der Waals surface area contributed by atoms with Crippen LogP contribution < -0.4 is 13.6 Å². The van der Waals surface area contributed by atoms with Crippen LogP contribution in [0.4, 0.5) is 0 Å². The van der Waals surface area contributed by atoms with Crippen molar-refractivity contribution in [3.05, 3.63) is 102 Å². The van der Waals surface area contributed by atoms with Gasteiger partial charge < -0.3 is 13.6 Å². The molecule has 0 aliphatic carbocycles. The van der Waals surface area contributed by atoms with E-state index >= 15 is 0 Å². The van der Waals surface area contributed by atoms with Crippen LogP contribution in [0.15, 0.2) is 84.9 Å². The van der Waals surface area contributed by atoms with Gasteiger partial charge in [-0.15, -0.1) is 0 Å². The Morgan fingerprint density at radius 1 is 0.656 bits per heavy atom. The van der Waals surface area contributed by atoms with Crippen molar-refractivity contribution in [3.8, 4) is 17.2 Å². The van der Waals surface area contributed by atoms with Gasteiger partial charge in [0.15, 0.2) is 0 Å². The lowest BCUT2D eigenvalue weighted by Crippen LogP contribution is -2.09. The number of phosphoric ester groups is 1. The second-order valence-corrected chi connectivity index (χ2v) is 9.62. The van der Waals surface area contributed by atoms with E-state index in [1.54, 1.807) is 18.2 Å². The van der Waals surface area contributed by atoms with Crippen LogP contribution in [0, 0.1) is 13.8 Å². The molecule has 0 N–H and O–H groups in total. The predicted molar refractivity (Wildman–Crippen MR) is 130 cm³/mol. The molecule has 5 heteroatoms. The van der Waals surface area contributed by atoms with Gasteiger partial charge in [0, 0.05) is 0 Å². The number of rotatable bonds is 7. The fourth-order valence-electron chi connectivity index (χ4n) is 3.51. The van der Waals surface area contributed by atoms with E-state index in [0.717, 1.165) is 21.9 Å². The number of benzene rings is 4. The molecule has 0 aromatic heterocycles. The van der Waals surface area contributed by atoms with E-state index in [1.165, 1.54) is 5.56 Å². The Morgan fingerprint density at radius 3 is 1.91 bits per heavy atom. The van der Waals surface area contributed by atoms with E-state index in [2.05, 4.69) is 13.8 Å². The normalized spacial score (nSPS) is 13.0. The summed E-state index contributed by atoms with van der Waals surface area (Å²) in [6, 6.07) is 26.7. The van der Waals surface area contributed by atoms with Crippen molar-refractivity contribution >= 4 is 18.6 Å². The highest BCUT2D eigenvalue weighted by atomic mass is 31.2. The largest absolute Gasteiger partial charge is 0.647 e. The first-order valence-electron chi connectivity index (χ1n) is 10.7. The highest BCUT2D eigenvalue weighted by Crippen LogP contribution is 2.51. The molecule has 4 rings (SSSR count). The van der Waals surface area contributed by atoms with Gasteiger partial charge in [-0.2, -0.15) is 4.57 Å². The van der Waals surface area contributed by atoms with E-state index in [4.69, 9.17) is 13.6 Å². The van der Waals surface area contributed by atoms with Crippen molar-refractivity contribution in [2.45, 2.75) is 33.6 Å². The molecular weight excluding hydrogens is 419 g/mol. The monoisotopic (exact) mass is 446 g/mol. The number of hydrogen-bond acceptors (Lipinski definition) is 4. The third kappa shape index (κ3) is 4.98. The fraction of sp³-hybridized carbons (Fsp3) is 0.185. The van der Waals surface area contributed by atoms with Crippen LogP contribution in [0.1, 0.15) is 36.5 Å². The lowest BCUT2D eigenvalue weighted by atomic mass is 10.0. The quantitative estimate of drug-likeness (QED) is 0.268. The third-order valence-electron chi connectivity index (χ3n) is 5.31. The molecule has 0 bridgehead atoms. The van der Waals surface area contributed by atoms with Crippen LogP contribution in [0.25, 0.3) is 10.8 Å². The molecule has 0 amide bonds. The van der Waals surface area contributed by atoms with Gasteiger partial charge in [-0.05, 0) is 71.5 Å². The summed E-state index contributed by atoms with van der Waals surface area (Å²) in [4.78, 5) is 0. The van der Waals surface area contributed by atoms with E-state index in [-0.39, 0.29) is 0 Å². The lowest BCUT2D eigenvalue weighted by molar-refractivity contribution is 0.297. The van der Waals surface area contributed by atoms with Gasteiger partial charge in [0.25, 0.3) is 0 Å². The third-order valence-corrected chi connectivity index (χ3v) is 6.59. The highest BCUT2D eigenvalue weighted by molar-refractivity contribution is 7.49. The van der Waals surface area contributed by atoms with Crippen LogP contribution >= 0.6 is 7.82 Å². The first kappa shape index (κ1) is 22.0. The average molecular weight is 446 g/mol. The molecule has 1 atom stereocenters. The predicted octanol–water partition coefficient (Wildman–Crippen LogP) is 8.22. The summed E-state index contributed by atoms with van der Waals surface area (Å²) < 4.78 is 31.7. The van der Waals surface area contributed by atoms with Crippen LogP contribution in [0.3, 0.4) is 0 Å². The minimum absolute atomic E-state index is 0.385.